The summed E-state index contributed by atoms with van der Waals surface area (Å²) < 4.78 is 19.1. The van der Waals surface area contributed by atoms with Crippen LogP contribution in [0.5, 0.6) is 0 Å². The number of hydrogen-bond donors (Lipinski definition) is 2. The molecule has 3 rings (SSSR count). The van der Waals surface area contributed by atoms with Gasteiger partial charge in [0.05, 0.1) is 6.26 Å². The van der Waals surface area contributed by atoms with Crippen molar-refractivity contribution < 1.29 is 8.81 Å². The van der Waals surface area contributed by atoms with E-state index in [-0.39, 0.29) is 17.8 Å². The molecule has 1 aromatic carbocycles. The van der Waals surface area contributed by atoms with E-state index in [1.807, 2.05) is 31.2 Å². The summed E-state index contributed by atoms with van der Waals surface area (Å²) in [6.45, 7) is 3.28. The number of benzene rings is 1. The minimum absolute atomic E-state index is 0.130. The molecule has 22 heavy (non-hydrogen) atoms. The van der Waals surface area contributed by atoms with Crippen molar-refractivity contribution in [2.24, 2.45) is 4.99 Å². The minimum Gasteiger partial charge on any atom is -0.467 e. The van der Waals surface area contributed by atoms with Gasteiger partial charge in [-0.25, -0.2) is 9.38 Å². The third-order valence-corrected chi connectivity index (χ3v) is 3.73. The lowest BCUT2D eigenvalue weighted by Gasteiger charge is -2.11. The summed E-state index contributed by atoms with van der Waals surface area (Å²) in [7, 11) is 0. The van der Waals surface area contributed by atoms with Gasteiger partial charge in [0, 0.05) is 18.5 Å². The molecule has 0 saturated heterocycles. The van der Waals surface area contributed by atoms with E-state index in [2.05, 4.69) is 15.6 Å². The number of halogens is 1. The van der Waals surface area contributed by atoms with Crippen molar-refractivity contribution in [1.82, 2.24) is 10.6 Å². The first-order valence-electron chi connectivity index (χ1n) is 7.59. The smallest absolute Gasteiger partial charge is 0.191 e. The van der Waals surface area contributed by atoms with Gasteiger partial charge in [-0.1, -0.05) is 18.2 Å². The van der Waals surface area contributed by atoms with E-state index in [1.165, 1.54) is 6.07 Å². The molecule has 0 radical (unpaired) electrons. The Labute approximate surface area is 129 Å². The Balaban J connectivity index is 1.61. The highest BCUT2D eigenvalue weighted by molar-refractivity contribution is 5.80. The van der Waals surface area contributed by atoms with Gasteiger partial charge in [0.1, 0.15) is 18.1 Å². The number of rotatable bonds is 5. The molecule has 1 saturated carbocycles. The molecular formula is C17H20FN3O. The monoisotopic (exact) mass is 301 g/mol. The van der Waals surface area contributed by atoms with E-state index in [0.29, 0.717) is 6.54 Å². The van der Waals surface area contributed by atoms with Gasteiger partial charge in [-0.3, -0.25) is 0 Å². The zero-order valence-electron chi connectivity index (χ0n) is 12.6. The predicted molar refractivity (Wildman–Crippen MR) is 84.2 cm³/mol. The topological polar surface area (TPSA) is 49.6 Å². The quantitative estimate of drug-likeness (QED) is 0.659. The lowest BCUT2D eigenvalue weighted by atomic mass is 10.1. The van der Waals surface area contributed by atoms with Crippen LogP contribution in [0, 0.1) is 5.82 Å². The Bertz CT molecular complexity index is 639. The van der Waals surface area contributed by atoms with Crippen LogP contribution in [-0.4, -0.2) is 18.5 Å². The SMILES string of the molecule is CCNC(=NCc1ccco1)NC1CC1c1ccccc1F. The second-order valence-electron chi connectivity index (χ2n) is 5.39. The third-order valence-electron chi connectivity index (χ3n) is 3.73. The average Bonchev–Trinajstić information content (AvgIpc) is 3.07. The second-order valence-corrected chi connectivity index (χ2v) is 5.39. The molecule has 0 aliphatic heterocycles. The molecule has 0 spiro atoms. The lowest BCUT2D eigenvalue weighted by molar-refractivity contribution is 0.512. The largest absolute Gasteiger partial charge is 0.467 e. The zero-order valence-corrected chi connectivity index (χ0v) is 12.6. The molecule has 1 aliphatic rings. The standard InChI is InChI=1S/C17H20FN3O/c1-2-19-17(20-11-12-6-5-9-22-12)21-16-10-14(16)13-7-3-4-8-15(13)18/h3-9,14,16H,2,10-11H2,1H3,(H2,19,20,21). The molecule has 1 heterocycles. The van der Waals surface area contributed by atoms with Crippen LogP contribution < -0.4 is 10.6 Å². The van der Waals surface area contributed by atoms with Gasteiger partial charge < -0.3 is 15.1 Å². The second kappa shape index (κ2) is 6.64. The summed E-state index contributed by atoms with van der Waals surface area (Å²) in [5.41, 5.74) is 0.780. The number of nitrogens with zero attached hydrogens (tertiary/aromatic N) is 1. The van der Waals surface area contributed by atoms with Crippen molar-refractivity contribution in [3.8, 4) is 0 Å². The molecule has 0 bridgehead atoms. The van der Waals surface area contributed by atoms with Crippen molar-refractivity contribution in [2.75, 3.05) is 6.54 Å². The molecule has 1 aromatic heterocycles. The fourth-order valence-corrected chi connectivity index (χ4v) is 2.53. The van der Waals surface area contributed by atoms with Crippen molar-refractivity contribution in [1.29, 1.82) is 0 Å². The Morgan fingerprint density at radius 3 is 2.91 bits per heavy atom. The summed E-state index contributed by atoms with van der Waals surface area (Å²) in [4.78, 5) is 4.49. The number of nitrogens with one attached hydrogen (secondary N) is 2. The summed E-state index contributed by atoms with van der Waals surface area (Å²) >= 11 is 0. The summed E-state index contributed by atoms with van der Waals surface area (Å²) in [6, 6.07) is 10.9. The fraction of sp³-hybridized carbons (Fsp3) is 0.353. The minimum atomic E-state index is -0.130. The average molecular weight is 301 g/mol. The molecule has 1 aliphatic carbocycles. The van der Waals surface area contributed by atoms with Gasteiger partial charge in [-0.05, 0) is 37.1 Å². The van der Waals surface area contributed by atoms with Crippen LogP contribution in [-0.2, 0) is 6.54 Å². The fourth-order valence-electron chi connectivity index (χ4n) is 2.53. The first kappa shape index (κ1) is 14.6. The Hall–Kier alpha value is -2.30. The van der Waals surface area contributed by atoms with Crippen molar-refractivity contribution in [3.63, 3.8) is 0 Å². The van der Waals surface area contributed by atoms with Gasteiger partial charge in [0.25, 0.3) is 0 Å². The van der Waals surface area contributed by atoms with E-state index >= 15 is 0 Å². The highest BCUT2D eigenvalue weighted by Gasteiger charge is 2.40. The zero-order chi connectivity index (χ0) is 15.4. The lowest BCUT2D eigenvalue weighted by Crippen LogP contribution is -2.39. The van der Waals surface area contributed by atoms with Gasteiger partial charge in [-0.2, -0.15) is 0 Å². The molecule has 2 atom stereocenters. The molecule has 5 heteroatoms. The molecule has 0 amide bonds. The Kier molecular flexibility index (Phi) is 4.42. The van der Waals surface area contributed by atoms with Crippen LogP contribution in [0.3, 0.4) is 0 Å². The van der Waals surface area contributed by atoms with Crippen LogP contribution in [0.15, 0.2) is 52.1 Å². The van der Waals surface area contributed by atoms with Crippen molar-refractivity contribution in [3.05, 3.63) is 59.8 Å². The third kappa shape index (κ3) is 3.47. The molecule has 2 N–H and O–H groups in total. The van der Waals surface area contributed by atoms with E-state index in [9.17, 15) is 4.39 Å². The predicted octanol–water partition coefficient (Wildman–Crippen LogP) is 3.03. The molecule has 2 unspecified atom stereocenters. The van der Waals surface area contributed by atoms with Crippen LogP contribution in [0.1, 0.15) is 30.6 Å². The van der Waals surface area contributed by atoms with Crippen LogP contribution >= 0.6 is 0 Å². The maximum atomic E-state index is 13.8. The van der Waals surface area contributed by atoms with Gasteiger partial charge in [-0.15, -0.1) is 0 Å². The molecule has 1 fully saturated rings. The highest BCUT2D eigenvalue weighted by atomic mass is 19.1. The van der Waals surface area contributed by atoms with Gasteiger partial charge >= 0.3 is 0 Å². The van der Waals surface area contributed by atoms with Gasteiger partial charge in [0.15, 0.2) is 5.96 Å². The maximum absolute atomic E-state index is 13.8. The Morgan fingerprint density at radius 2 is 2.18 bits per heavy atom. The summed E-state index contributed by atoms with van der Waals surface area (Å²) in [5.74, 6) is 1.64. The van der Waals surface area contributed by atoms with E-state index in [4.69, 9.17) is 4.42 Å². The van der Waals surface area contributed by atoms with E-state index < -0.39 is 0 Å². The van der Waals surface area contributed by atoms with Gasteiger partial charge in [0.2, 0.25) is 0 Å². The number of hydrogen-bond acceptors (Lipinski definition) is 2. The molecule has 2 aromatic rings. The normalized spacial score (nSPS) is 20.7. The first-order valence-corrected chi connectivity index (χ1v) is 7.59. The van der Waals surface area contributed by atoms with E-state index in [1.54, 1.807) is 12.3 Å². The van der Waals surface area contributed by atoms with Crippen molar-refractivity contribution >= 4 is 5.96 Å². The molecular weight excluding hydrogens is 281 g/mol. The number of furan rings is 1. The first-order chi connectivity index (χ1) is 10.8. The molecule has 116 valence electrons. The van der Waals surface area contributed by atoms with Crippen LogP contribution in [0.2, 0.25) is 0 Å². The Morgan fingerprint density at radius 1 is 1.32 bits per heavy atom. The number of guanidine groups is 1. The van der Waals surface area contributed by atoms with Crippen molar-refractivity contribution in [2.45, 2.75) is 31.8 Å². The highest BCUT2D eigenvalue weighted by Crippen LogP contribution is 2.41. The van der Waals surface area contributed by atoms with Crippen LogP contribution in [0.25, 0.3) is 0 Å². The molecule has 4 nitrogen and oxygen atoms in total. The van der Waals surface area contributed by atoms with Crippen LogP contribution in [0.4, 0.5) is 4.39 Å². The summed E-state index contributed by atoms with van der Waals surface area (Å²) in [6.07, 6.45) is 2.56. The number of aliphatic imine (C=N–C) groups is 1. The summed E-state index contributed by atoms with van der Waals surface area (Å²) in [5, 5.41) is 6.57. The van der Waals surface area contributed by atoms with E-state index in [0.717, 1.165) is 30.2 Å². The maximum Gasteiger partial charge on any atom is 0.191 e.